The van der Waals surface area contributed by atoms with E-state index in [0.29, 0.717) is 17.4 Å². The topological polar surface area (TPSA) is 108 Å². The van der Waals surface area contributed by atoms with Crippen LogP contribution in [0.5, 0.6) is 0 Å². The van der Waals surface area contributed by atoms with Crippen LogP contribution in [0.15, 0.2) is 134 Å². The van der Waals surface area contributed by atoms with Gasteiger partial charge in [-0.2, -0.15) is 0 Å². The molecule has 1 amide bonds. The molecule has 0 aliphatic carbocycles. The predicted molar refractivity (Wildman–Crippen MR) is 343 cm³/mol. The van der Waals surface area contributed by atoms with E-state index in [1.807, 2.05) is 27.2 Å². The number of hydrogen-bond donors (Lipinski definition) is 2. The van der Waals surface area contributed by atoms with Gasteiger partial charge in [0.15, 0.2) is 0 Å². The van der Waals surface area contributed by atoms with Crippen molar-refractivity contribution < 1.29 is 32.9 Å². The Labute approximate surface area is 487 Å². The van der Waals surface area contributed by atoms with Crippen LogP contribution in [0.1, 0.15) is 251 Å². The lowest BCUT2D eigenvalue weighted by Crippen LogP contribution is -2.45. The second-order valence-electron chi connectivity index (χ2n) is 22.4. The first-order valence-corrected chi connectivity index (χ1v) is 33.5. The molecule has 0 aromatic carbocycles. The van der Waals surface area contributed by atoms with Crippen LogP contribution in [-0.2, 0) is 18.4 Å². The average molecular weight is 1120 g/mol. The Hall–Kier alpha value is -3.36. The van der Waals surface area contributed by atoms with Crippen LogP contribution in [0.2, 0.25) is 0 Å². The van der Waals surface area contributed by atoms with Crippen molar-refractivity contribution in [3.05, 3.63) is 134 Å². The zero-order chi connectivity index (χ0) is 57.7. The van der Waals surface area contributed by atoms with E-state index in [2.05, 4.69) is 141 Å². The number of amides is 1. The number of nitrogens with one attached hydrogen (secondary N) is 1. The third-order valence-electron chi connectivity index (χ3n) is 13.6. The Balaban J connectivity index is 4.05. The maximum absolute atomic E-state index is 13.0. The third-order valence-corrected chi connectivity index (χ3v) is 14.5. The maximum atomic E-state index is 13.0. The van der Waals surface area contributed by atoms with Crippen LogP contribution in [0.4, 0.5) is 0 Å². The molecule has 79 heavy (non-hydrogen) atoms. The summed E-state index contributed by atoms with van der Waals surface area (Å²) in [7, 11) is 1.23. The number of quaternary nitrogens is 1. The van der Waals surface area contributed by atoms with E-state index in [9.17, 15) is 19.4 Å². The minimum absolute atomic E-state index is 0.0135. The second kappa shape index (κ2) is 59.3. The van der Waals surface area contributed by atoms with Crippen molar-refractivity contribution in [2.24, 2.45) is 0 Å². The molecule has 3 atom stereocenters. The summed E-state index contributed by atoms with van der Waals surface area (Å²) < 4.78 is 23.3. The minimum Gasteiger partial charge on any atom is -0.756 e. The molecule has 3 unspecified atom stereocenters. The van der Waals surface area contributed by atoms with Gasteiger partial charge < -0.3 is 28.8 Å². The summed E-state index contributed by atoms with van der Waals surface area (Å²) in [5.41, 5.74) is 0. The standard InChI is InChI=1S/C70H121N2O6P/c1-6-8-10-12-14-16-18-20-22-24-25-26-27-28-29-30-31-32-33-34-35-36-37-38-39-40-41-42-43-44-45-46-47-48-50-52-54-56-58-60-62-64-70(74)71-68(67-78-79(75,76)77-66-65-72(3,4)5)69(73)63-61-59-57-55-53-51-49-23-21-19-17-15-13-11-9-7-2/h8,10,14,16,20-23,25-26,28-29,31-32,34-35,37-38,53,55,61,63,68-69,73H,6-7,9,11-13,15,17-19,24,27,30,33,36,39-52,54,56-60,62,64-67H2,1-5H3,(H-,71,74,75,76)/b10-8-,16-14-,22-20-,23-21+,26-25-,29-28-,32-31-,35-34-,38-37-,55-53+,63-61+. The van der Waals surface area contributed by atoms with Gasteiger partial charge >= 0.3 is 0 Å². The number of likely N-dealkylation sites (N-methyl/N-ethyl adjacent to an activating group) is 1. The summed E-state index contributed by atoms with van der Waals surface area (Å²) in [5.74, 6) is -0.215. The van der Waals surface area contributed by atoms with Crippen molar-refractivity contribution >= 4 is 13.7 Å². The van der Waals surface area contributed by atoms with Gasteiger partial charge in [-0.25, -0.2) is 0 Å². The van der Waals surface area contributed by atoms with Gasteiger partial charge in [-0.05, 0) is 109 Å². The average Bonchev–Trinajstić information content (AvgIpc) is 3.42. The molecule has 0 fully saturated rings. The second-order valence-corrected chi connectivity index (χ2v) is 23.8. The quantitative estimate of drug-likeness (QED) is 0.0272. The predicted octanol–water partition coefficient (Wildman–Crippen LogP) is 19.6. The summed E-state index contributed by atoms with van der Waals surface area (Å²) >= 11 is 0. The lowest BCUT2D eigenvalue weighted by atomic mass is 10.0. The highest BCUT2D eigenvalue weighted by molar-refractivity contribution is 7.45. The Morgan fingerprint density at radius 1 is 0.456 bits per heavy atom. The van der Waals surface area contributed by atoms with Crippen molar-refractivity contribution in [3.8, 4) is 0 Å². The zero-order valence-corrected chi connectivity index (χ0v) is 52.4. The summed E-state index contributed by atoms with van der Waals surface area (Å²) in [6.07, 6.45) is 89.9. The van der Waals surface area contributed by atoms with Crippen LogP contribution in [-0.4, -0.2) is 68.5 Å². The Morgan fingerprint density at radius 3 is 1.18 bits per heavy atom. The van der Waals surface area contributed by atoms with Crippen LogP contribution >= 0.6 is 7.82 Å². The molecule has 0 saturated carbocycles. The number of unbranched alkanes of at least 4 members (excludes halogenated alkanes) is 24. The SMILES string of the molecule is CC/C=C\C/C=C\C/C=C\C/C=C\C/C=C\C/C=C\C/C=C\C/C=C\CCCCCCCCCCCCCCCCCCC(=O)NC(COP(=O)([O-])OCC[N+](C)(C)C)C(O)/C=C/CC/C=C/CC/C=C/CCCCCCCC. The van der Waals surface area contributed by atoms with E-state index in [1.54, 1.807) is 6.08 Å². The summed E-state index contributed by atoms with van der Waals surface area (Å²) in [5, 5.41) is 13.9. The number of carbonyl (C=O) groups excluding carboxylic acids is 1. The number of carbonyl (C=O) groups is 1. The lowest BCUT2D eigenvalue weighted by Gasteiger charge is -2.29. The molecule has 0 rings (SSSR count). The molecule has 0 aromatic rings. The first-order chi connectivity index (χ1) is 38.5. The Bertz CT molecular complexity index is 1750. The van der Waals surface area contributed by atoms with Crippen molar-refractivity contribution in [1.29, 1.82) is 0 Å². The van der Waals surface area contributed by atoms with Crippen molar-refractivity contribution in [1.82, 2.24) is 5.32 Å². The van der Waals surface area contributed by atoms with Crippen LogP contribution in [0.3, 0.4) is 0 Å². The van der Waals surface area contributed by atoms with Crippen molar-refractivity contribution in [2.45, 2.75) is 264 Å². The number of nitrogens with zero attached hydrogens (tertiary/aromatic N) is 1. The molecule has 2 N–H and O–H groups in total. The summed E-state index contributed by atoms with van der Waals surface area (Å²) in [4.78, 5) is 25.5. The fourth-order valence-corrected chi connectivity index (χ4v) is 9.34. The monoisotopic (exact) mass is 1120 g/mol. The number of rotatable bonds is 57. The van der Waals surface area contributed by atoms with Gasteiger partial charge in [0.25, 0.3) is 7.82 Å². The van der Waals surface area contributed by atoms with E-state index in [1.165, 1.54) is 135 Å². The molecule has 452 valence electrons. The molecular weight excluding hydrogens is 996 g/mol. The molecule has 0 spiro atoms. The van der Waals surface area contributed by atoms with Gasteiger partial charge in [0.1, 0.15) is 13.2 Å². The number of phosphoric acid groups is 1. The molecule has 0 aliphatic rings. The molecule has 0 aliphatic heterocycles. The molecule has 0 heterocycles. The van der Waals surface area contributed by atoms with E-state index in [-0.39, 0.29) is 12.5 Å². The van der Waals surface area contributed by atoms with Crippen LogP contribution < -0.4 is 10.2 Å². The molecule has 0 aromatic heterocycles. The van der Waals surface area contributed by atoms with Crippen LogP contribution in [0.25, 0.3) is 0 Å². The van der Waals surface area contributed by atoms with Gasteiger partial charge in [-0.15, -0.1) is 0 Å². The number of aliphatic hydroxyl groups excluding tert-OH is 1. The highest BCUT2D eigenvalue weighted by atomic mass is 31.2. The smallest absolute Gasteiger partial charge is 0.268 e. The van der Waals surface area contributed by atoms with Gasteiger partial charge in [0, 0.05) is 6.42 Å². The third kappa shape index (κ3) is 62.1. The molecule has 0 radical (unpaired) electrons. The van der Waals surface area contributed by atoms with E-state index < -0.39 is 26.6 Å². The molecule has 8 nitrogen and oxygen atoms in total. The molecule has 0 saturated heterocycles. The van der Waals surface area contributed by atoms with Gasteiger partial charge in [-0.3, -0.25) is 9.36 Å². The Morgan fingerprint density at radius 2 is 0.785 bits per heavy atom. The zero-order valence-electron chi connectivity index (χ0n) is 51.5. The Kier molecular flexibility index (Phi) is 56.7. The number of aliphatic hydroxyl groups is 1. The summed E-state index contributed by atoms with van der Waals surface area (Å²) in [6, 6.07) is -0.917. The number of phosphoric ester groups is 1. The van der Waals surface area contributed by atoms with Crippen molar-refractivity contribution in [3.63, 3.8) is 0 Å². The number of hydrogen-bond acceptors (Lipinski definition) is 6. The largest absolute Gasteiger partial charge is 0.756 e. The van der Waals surface area contributed by atoms with Crippen molar-refractivity contribution in [2.75, 3.05) is 40.9 Å². The van der Waals surface area contributed by atoms with Gasteiger partial charge in [-0.1, -0.05) is 270 Å². The summed E-state index contributed by atoms with van der Waals surface area (Å²) in [6.45, 7) is 4.49. The van der Waals surface area contributed by atoms with Gasteiger partial charge in [0.2, 0.25) is 5.91 Å². The van der Waals surface area contributed by atoms with E-state index >= 15 is 0 Å². The molecule has 0 bridgehead atoms. The highest BCUT2D eigenvalue weighted by Crippen LogP contribution is 2.38. The highest BCUT2D eigenvalue weighted by Gasteiger charge is 2.23. The normalized spacial score (nSPS) is 14.7. The van der Waals surface area contributed by atoms with E-state index in [0.717, 1.165) is 96.3 Å². The minimum atomic E-state index is -4.62. The van der Waals surface area contributed by atoms with Crippen LogP contribution in [0, 0.1) is 0 Å². The van der Waals surface area contributed by atoms with Gasteiger partial charge in [0.05, 0.1) is 39.9 Å². The van der Waals surface area contributed by atoms with E-state index in [4.69, 9.17) is 9.05 Å². The number of allylic oxidation sites excluding steroid dienone is 21. The fraction of sp³-hybridized carbons (Fsp3) is 0.671. The fourth-order valence-electron chi connectivity index (χ4n) is 8.61. The molecule has 9 heteroatoms. The first kappa shape index (κ1) is 75.6. The lowest BCUT2D eigenvalue weighted by molar-refractivity contribution is -0.870. The maximum Gasteiger partial charge on any atom is 0.268 e. The molecular formula is C70H121N2O6P. The first-order valence-electron chi connectivity index (χ1n) is 32.0.